The number of alkyl halides is 1. The second-order valence-electron chi connectivity index (χ2n) is 2.00. The highest BCUT2D eigenvalue weighted by atomic mass is 35.5. The minimum Gasteiger partial charge on any atom is -0.378 e. The first kappa shape index (κ1) is 5.39. The van der Waals surface area contributed by atoms with Gasteiger partial charge in [0.05, 0.1) is 18.1 Å². The molecule has 1 rings (SSSR count). The molecular weight excluding hydrogens is 112 g/mol. The van der Waals surface area contributed by atoms with E-state index in [1.807, 2.05) is 0 Å². The van der Waals surface area contributed by atoms with Gasteiger partial charge in [0.25, 0.3) is 0 Å². The molecule has 0 aromatic carbocycles. The van der Waals surface area contributed by atoms with Crippen molar-refractivity contribution in [1.29, 1.82) is 0 Å². The predicted octanol–water partition coefficient (Wildman–Crippen LogP) is 1.40. The molecule has 1 nitrogen and oxygen atoms in total. The highest BCUT2D eigenvalue weighted by Gasteiger charge is 2.33. The second-order valence-corrected chi connectivity index (χ2v) is 2.80. The van der Waals surface area contributed by atoms with Crippen LogP contribution in [-0.4, -0.2) is 18.1 Å². The lowest BCUT2D eigenvalue weighted by Crippen LogP contribution is -2.43. The fourth-order valence-corrected chi connectivity index (χ4v) is 0.682. The summed E-state index contributed by atoms with van der Waals surface area (Å²) in [7, 11) is 0. The quantitative estimate of drug-likeness (QED) is 0.476. The lowest BCUT2D eigenvalue weighted by Gasteiger charge is -2.34. The Kier molecular flexibility index (Phi) is 1.26. The van der Waals surface area contributed by atoms with Gasteiger partial charge in [0.1, 0.15) is 0 Å². The van der Waals surface area contributed by atoms with Gasteiger partial charge in [-0.15, -0.1) is 11.6 Å². The van der Waals surface area contributed by atoms with E-state index in [0.717, 1.165) is 19.6 Å². The molecule has 42 valence electrons. The van der Waals surface area contributed by atoms with Gasteiger partial charge in [-0.1, -0.05) is 6.92 Å². The first-order valence-electron chi connectivity index (χ1n) is 2.53. The van der Waals surface area contributed by atoms with Crippen LogP contribution in [-0.2, 0) is 4.74 Å². The number of rotatable bonds is 1. The molecule has 0 unspecified atom stereocenters. The van der Waals surface area contributed by atoms with E-state index in [0.29, 0.717) is 0 Å². The molecule has 0 amide bonds. The van der Waals surface area contributed by atoms with Gasteiger partial charge in [0, 0.05) is 0 Å². The average Bonchev–Trinajstić information content (AvgIpc) is 1.61. The van der Waals surface area contributed by atoms with Crippen molar-refractivity contribution in [3.8, 4) is 0 Å². The third-order valence-electron chi connectivity index (χ3n) is 1.36. The van der Waals surface area contributed by atoms with Gasteiger partial charge in [-0.25, -0.2) is 0 Å². The fourth-order valence-electron chi connectivity index (χ4n) is 0.528. The summed E-state index contributed by atoms with van der Waals surface area (Å²) in [5.74, 6) is 0. The minimum absolute atomic E-state index is 0.0139. The molecule has 0 spiro atoms. The molecule has 1 aliphatic rings. The summed E-state index contributed by atoms with van der Waals surface area (Å²) in [4.78, 5) is 0.0139. The van der Waals surface area contributed by atoms with Gasteiger partial charge >= 0.3 is 0 Å². The zero-order valence-electron chi connectivity index (χ0n) is 4.41. The van der Waals surface area contributed by atoms with Crippen molar-refractivity contribution in [3.05, 3.63) is 0 Å². The van der Waals surface area contributed by atoms with Crippen molar-refractivity contribution in [1.82, 2.24) is 0 Å². The van der Waals surface area contributed by atoms with E-state index in [1.54, 1.807) is 0 Å². The Morgan fingerprint density at radius 2 is 2.29 bits per heavy atom. The molecule has 0 bridgehead atoms. The van der Waals surface area contributed by atoms with E-state index in [1.165, 1.54) is 0 Å². The van der Waals surface area contributed by atoms with Crippen molar-refractivity contribution < 1.29 is 4.74 Å². The third-order valence-corrected chi connectivity index (χ3v) is 1.84. The Hall–Kier alpha value is 0.250. The van der Waals surface area contributed by atoms with Crippen LogP contribution in [0.5, 0.6) is 0 Å². The number of halogens is 1. The van der Waals surface area contributed by atoms with Crippen LogP contribution in [0.15, 0.2) is 0 Å². The summed E-state index contributed by atoms with van der Waals surface area (Å²) >= 11 is 5.87. The maximum atomic E-state index is 5.87. The predicted molar refractivity (Wildman–Crippen MR) is 29.7 cm³/mol. The Balaban J connectivity index is 2.29. The Labute approximate surface area is 48.6 Å². The van der Waals surface area contributed by atoms with Gasteiger partial charge in [0.15, 0.2) is 0 Å². The smallest absolute Gasteiger partial charge is 0.0909 e. The molecule has 0 aromatic rings. The van der Waals surface area contributed by atoms with E-state index < -0.39 is 0 Å². The van der Waals surface area contributed by atoms with Crippen molar-refractivity contribution in [2.24, 2.45) is 0 Å². The molecule has 0 aromatic heterocycles. The summed E-state index contributed by atoms with van der Waals surface area (Å²) in [6.07, 6.45) is 1.02. The van der Waals surface area contributed by atoms with E-state index in [4.69, 9.17) is 16.3 Å². The van der Waals surface area contributed by atoms with Crippen LogP contribution in [0.3, 0.4) is 0 Å². The lowest BCUT2D eigenvalue weighted by atomic mass is 10.1. The normalized spacial score (nSPS) is 26.6. The Bertz CT molecular complexity index is 63.0. The summed E-state index contributed by atoms with van der Waals surface area (Å²) in [5, 5.41) is 0. The number of ether oxygens (including phenoxy) is 1. The molecule has 0 radical (unpaired) electrons. The molecule has 7 heavy (non-hydrogen) atoms. The highest BCUT2D eigenvalue weighted by Crippen LogP contribution is 2.27. The van der Waals surface area contributed by atoms with E-state index >= 15 is 0 Å². The zero-order chi connectivity index (χ0) is 5.33. The highest BCUT2D eigenvalue weighted by molar-refractivity contribution is 6.24. The van der Waals surface area contributed by atoms with Gasteiger partial charge in [-0.05, 0) is 6.42 Å². The van der Waals surface area contributed by atoms with Gasteiger partial charge < -0.3 is 4.74 Å². The van der Waals surface area contributed by atoms with Crippen LogP contribution in [0, 0.1) is 0 Å². The molecule has 2 heteroatoms. The van der Waals surface area contributed by atoms with Gasteiger partial charge in [0.2, 0.25) is 0 Å². The topological polar surface area (TPSA) is 9.23 Å². The summed E-state index contributed by atoms with van der Waals surface area (Å²) in [5.41, 5.74) is 0. The Morgan fingerprint density at radius 1 is 1.71 bits per heavy atom. The van der Waals surface area contributed by atoms with Crippen LogP contribution >= 0.6 is 11.6 Å². The van der Waals surface area contributed by atoms with E-state index in [-0.39, 0.29) is 4.87 Å². The maximum absolute atomic E-state index is 5.87. The lowest BCUT2D eigenvalue weighted by molar-refractivity contribution is -0.0143. The molecule has 1 saturated heterocycles. The summed E-state index contributed by atoms with van der Waals surface area (Å²) in [6, 6.07) is 0. The summed E-state index contributed by atoms with van der Waals surface area (Å²) in [6.45, 7) is 3.56. The molecular formula is C5H9ClO. The fraction of sp³-hybridized carbons (Fsp3) is 1.00. The standard InChI is InChI=1S/C5H9ClO/c1-2-5(6)3-7-4-5/h2-4H2,1H3. The van der Waals surface area contributed by atoms with Crippen LogP contribution < -0.4 is 0 Å². The number of hydrogen-bond acceptors (Lipinski definition) is 1. The van der Waals surface area contributed by atoms with Gasteiger partial charge in [-0.2, -0.15) is 0 Å². The van der Waals surface area contributed by atoms with Crippen molar-refractivity contribution >= 4 is 11.6 Å². The van der Waals surface area contributed by atoms with Crippen LogP contribution in [0.1, 0.15) is 13.3 Å². The van der Waals surface area contributed by atoms with Gasteiger partial charge in [-0.3, -0.25) is 0 Å². The third kappa shape index (κ3) is 0.892. The van der Waals surface area contributed by atoms with Crippen LogP contribution in [0.25, 0.3) is 0 Å². The molecule has 0 atom stereocenters. The van der Waals surface area contributed by atoms with Crippen molar-refractivity contribution in [2.75, 3.05) is 13.2 Å². The second kappa shape index (κ2) is 1.64. The van der Waals surface area contributed by atoms with E-state index in [2.05, 4.69) is 6.92 Å². The SMILES string of the molecule is CCC1(Cl)COC1. The van der Waals surface area contributed by atoms with Crippen LogP contribution in [0.2, 0.25) is 0 Å². The minimum atomic E-state index is 0.0139. The largest absolute Gasteiger partial charge is 0.378 e. The monoisotopic (exact) mass is 120 g/mol. The number of hydrogen-bond donors (Lipinski definition) is 0. The van der Waals surface area contributed by atoms with E-state index in [9.17, 15) is 0 Å². The van der Waals surface area contributed by atoms with Crippen LogP contribution in [0.4, 0.5) is 0 Å². The first-order valence-corrected chi connectivity index (χ1v) is 2.91. The molecule has 1 fully saturated rings. The molecule has 1 heterocycles. The molecule has 1 aliphatic heterocycles. The molecule has 0 N–H and O–H groups in total. The average molecular weight is 121 g/mol. The van der Waals surface area contributed by atoms with Crippen molar-refractivity contribution in [2.45, 2.75) is 18.2 Å². The summed E-state index contributed by atoms with van der Waals surface area (Å²) < 4.78 is 4.90. The Morgan fingerprint density at radius 3 is 2.29 bits per heavy atom. The molecule has 0 saturated carbocycles. The zero-order valence-corrected chi connectivity index (χ0v) is 5.16. The molecule has 0 aliphatic carbocycles. The first-order chi connectivity index (χ1) is 3.27. The van der Waals surface area contributed by atoms with Crippen molar-refractivity contribution in [3.63, 3.8) is 0 Å². The maximum Gasteiger partial charge on any atom is 0.0909 e.